The van der Waals surface area contributed by atoms with Gasteiger partial charge in [0.15, 0.2) is 0 Å². The van der Waals surface area contributed by atoms with Crippen LogP contribution in [-0.4, -0.2) is 10.9 Å². The molecule has 82 valence electrons. The molecular weight excluding hydrogens is 188 g/mol. The number of rotatable bonds is 6. The largest absolute Gasteiger partial charge is 0.366 e. The Morgan fingerprint density at radius 2 is 2.20 bits per heavy atom. The van der Waals surface area contributed by atoms with Crippen LogP contribution < -0.4 is 5.73 Å². The molecule has 0 spiro atoms. The lowest BCUT2D eigenvalue weighted by molar-refractivity contribution is 0.0999. The highest BCUT2D eigenvalue weighted by Crippen LogP contribution is 2.11. The molecule has 2 N–H and O–H groups in total. The van der Waals surface area contributed by atoms with E-state index in [1.54, 1.807) is 12.4 Å². The van der Waals surface area contributed by atoms with Crippen molar-refractivity contribution in [2.45, 2.75) is 39.0 Å². The number of primary amides is 1. The molecule has 3 nitrogen and oxygen atoms in total. The first-order valence-electron chi connectivity index (χ1n) is 5.48. The van der Waals surface area contributed by atoms with Crippen molar-refractivity contribution < 1.29 is 4.79 Å². The summed E-state index contributed by atoms with van der Waals surface area (Å²) in [5.41, 5.74) is 6.85. The van der Waals surface area contributed by atoms with Crippen molar-refractivity contribution in [1.82, 2.24) is 4.98 Å². The molecule has 15 heavy (non-hydrogen) atoms. The fourth-order valence-corrected chi connectivity index (χ4v) is 1.61. The maximum absolute atomic E-state index is 11.1. The molecule has 1 aromatic heterocycles. The molecule has 0 unspecified atom stereocenters. The minimum Gasteiger partial charge on any atom is -0.366 e. The topological polar surface area (TPSA) is 56.0 Å². The standard InChI is InChI=1S/C12H18N2O/c1-2-3-4-5-6-10-7-8-14-9-11(10)12(13)15/h7-9H,2-6H2,1H3,(H2,13,15). The van der Waals surface area contributed by atoms with E-state index < -0.39 is 0 Å². The molecule has 1 amide bonds. The summed E-state index contributed by atoms with van der Waals surface area (Å²) in [6.07, 6.45) is 8.96. The van der Waals surface area contributed by atoms with Crippen molar-refractivity contribution >= 4 is 5.91 Å². The first-order chi connectivity index (χ1) is 7.25. The van der Waals surface area contributed by atoms with Crippen molar-refractivity contribution in [2.24, 2.45) is 5.73 Å². The molecule has 1 rings (SSSR count). The van der Waals surface area contributed by atoms with Crippen LogP contribution in [0.4, 0.5) is 0 Å². The number of nitrogens with zero attached hydrogens (tertiary/aromatic N) is 1. The number of aryl methyl sites for hydroxylation is 1. The first-order valence-corrected chi connectivity index (χ1v) is 5.48. The molecule has 3 heteroatoms. The van der Waals surface area contributed by atoms with Gasteiger partial charge in [-0.2, -0.15) is 0 Å². The van der Waals surface area contributed by atoms with Crippen LogP contribution >= 0.6 is 0 Å². The summed E-state index contributed by atoms with van der Waals surface area (Å²) in [6.45, 7) is 2.18. The number of hydrogen-bond acceptors (Lipinski definition) is 2. The number of pyridine rings is 1. The first kappa shape index (κ1) is 11.7. The Kier molecular flexibility index (Phi) is 4.81. The zero-order valence-corrected chi connectivity index (χ0v) is 9.20. The maximum atomic E-state index is 11.1. The van der Waals surface area contributed by atoms with Crippen molar-refractivity contribution in [3.05, 3.63) is 29.6 Å². The van der Waals surface area contributed by atoms with E-state index >= 15 is 0 Å². The van der Waals surface area contributed by atoms with Gasteiger partial charge in [0, 0.05) is 12.4 Å². The zero-order chi connectivity index (χ0) is 11.1. The highest BCUT2D eigenvalue weighted by Gasteiger charge is 2.06. The van der Waals surface area contributed by atoms with Gasteiger partial charge in [0.05, 0.1) is 5.56 Å². The normalized spacial score (nSPS) is 10.2. The second-order valence-electron chi connectivity index (χ2n) is 3.71. The monoisotopic (exact) mass is 206 g/mol. The van der Waals surface area contributed by atoms with Crippen LogP contribution in [0.2, 0.25) is 0 Å². The molecule has 0 saturated heterocycles. The minimum atomic E-state index is -0.381. The second kappa shape index (κ2) is 6.17. The van der Waals surface area contributed by atoms with Gasteiger partial charge in [0.2, 0.25) is 0 Å². The van der Waals surface area contributed by atoms with Gasteiger partial charge in [-0.25, -0.2) is 0 Å². The minimum absolute atomic E-state index is 0.381. The molecule has 0 aliphatic carbocycles. The fourth-order valence-electron chi connectivity index (χ4n) is 1.61. The number of carbonyl (C=O) groups excluding carboxylic acids is 1. The van der Waals surface area contributed by atoms with Gasteiger partial charge in [-0.1, -0.05) is 26.2 Å². The predicted molar refractivity (Wildman–Crippen MR) is 60.6 cm³/mol. The quantitative estimate of drug-likeness (QED) is 0.726. The average Bonchev–Trinajstić information content (AvgIpc) is 2.25. The van der Waals surface area contributed by atoms with Crippen molar-refractivity contribution in [1.29, 1.82) is 0 Å². The lowest BCUT2D eigenvalue weighted by Crippen LogP contribution is -2.14. The molecule has 0 aliphatic rings. The van der Waals surface area contributed by atoms with Gasteiger partial charge in [-0.05, 0) is 24.5 Å². The summed E-state index contributed by atoms with van der Waals surface area (Å²) in [7, 11) is 0. The molecular formula is C12H18N2O. The van der Waals surface area contributed by atoms with Crippen LogP contribution in [0.1, 0.15) is 48.5 Å². The molecule has 1 heterocycles. The molecule has 1 aromatic rings. The summed E-state index contributed by atoms with van der Waals surface area (Å²) >= 11 is 0. The number of nitrogens with two attached hydrogens (primary N) is 1. The third kappa shape index (κ3) is 3.70. The Bertz CT molecular complexity index is 323. The Labute approximate surface area is 90.7 Å². The highest BCUT2D eigenvalue weighted by molar-refractivity contribution is 5.93. The third-order valence-corrected chi connectivity index (χ3v) is 2.48. The van der Waals surface area contributed by atoms with Crippen LogP contribution in [0.25, 0.3) is 0 Å². The lowest BCUT2D eigenvalue weighted by Gasteiger charge is -2.05. The number of carbonyl (C=O) groups is 1. The highest BCUT2D eigenvalue weighted by atomic mass is 16.1. The summed E-state index contributed by atoms with van der Waals surface area (Å²) in [5.74, 6) is -0.381. The van der Waals surface area contributed by atoms with E-state index in [2.05, 4.69) is 11.9 Å². The summed E-state index contributed by atoms with van der Waals surface area (Å²) in [4.78, 5) is 15.0. The molecule has 0 aromatic carbocycles. The number of unbranched alkanes of at least 4 members (excludes halogenated alkanes) is 3. The second-order valence-corrected chi connectivity index (χ2v) is 3.71. The van der Waals surface area contributed by atoms with Crippen LogP contribution in [0.5, 0.6) is 0 Å². The zero-order valence-electron chi connectivity index (χ0n) is 9.20. The van der Waals surface area contributed by atoms with Gasteiger partial charge in [-0.3, -0.25) is 9.78 Å². The van der Waals surface area contributed by atoms with E-state index in [1.165, 1.54) is 19.3 Å². The van der Waals surface area contributed by atoms with E-state index in [1.807, 2.05) is 6.07 Å². The number of hydrogen-bond donors (Lipinski definition) is 1. The van der Waals surface area contributed by atoms with Crippen molar-refractivity contribution in [3.63, 3.8) is 0 Å². The Morgan fingerprint density at radius 3 is 2.87 bits per heavy atom. The molecule has 0 saturated carbocycles. The van der Waals surface area contributed by atoms with Gasteiger partial charge < -0.3 is 5.73 Å². The van der Waals surface area contributed by atoms with Gasteiger partial charge >= 0.3 is 0 Å². The Balaban J connectivity index is 2.56. The summed E-state index contributed by atoms with van der Waals surface area (Å²) < 4.78 is 0. The Morgan fingerprint density at radius 1 is 1.40 bits per heavy atom. The van der Waals surface area contributed by atoms with Crippen molar-refractivity contribution in [3.8, 4) is 0 Å². The van der Waals surface area contributed by atoms with E-state index in [-0.39, 0.29) is 5.91 Å². The van der Waals surface area contributed by atoms with Crippen LogP contribution in [0.15, 0.2) is 18.5 Å². The smallest absolute Gasteiger partial charge is 0.250 e. The average molecular weight is 206 g/mol. The van der Waals surface area contributed by atoms with E-state index in [0.29, 0.717) is 5.56 Å². The fraction of sp³-hybridized carbons (Fsp3) is 0.500. The van der Waals surface area contributed by atoms with Crippen LogP contribution in [-0.2, 0) is 6.42 Å². The SMILES string of the molecule is CCCCCCc1ccncc1C(N)=O. The van der Waals surface area contributed by atoms with Crippen LogP contribution in [0, 0.1) is 0 Å². The number of amides is 1. The van der Waals surface area contributed by atoms with Gasteiger partial charge in [0.25, 0.3) is 5.91 Å². The molecule has 0 fully saturated rings. The van der Waals surface area contributed by atoms with Gasteiger partial charge in [-0.15, -0.1) is 0 Å². The third-order valence-electron chi connectivity index (χ3n) is 2.48. The predicted octanol–water partition coefficient (Wildman–Crippen LogP) is 2.30. The van der Waals surface area contributed by atoms with Crippen LogP contribution in [0.3, 0.4) is 0 Å². The van der Waals surface area contributed by atoms with E-state index in [0.717, 1.165) is 18.4 Å². The van der Waals surface area contributed by atoms with E-state index in [4.69, 9.17) is 5.73 Å². The maximum Gasteiger partial charge on any atom is 0.250 e. The van der Waals surface area contributed by atoms with Gasteiger partial charge in [0.1, 0.15) is 0 Å². The molecule has 0 radical (unpaired) electrons. The van der Waals surface area contributed by atoms with Crippen molar-refractivity contribution in [2.75, 3.05) is 0 Å². The molecule has 0 atom stereocenters. The summed E-state index contributed by atoms with van der Waals surface area (Å²) in [5, 5.41) is 0. The summed E-state index contributed by atoms with van der Waals surface area (Å²) in [6, 6.07) is 1.88. The number of aromatic nitrogens is 1. The molecule has 0 bridgehead atoms. The molecule has 0 aliphatic heterocycles. The lowest BCUT2D eigenvalue weighted by atomic mass is 10.0. The Hall–Kier alpha value is -1.38. The van der Waals surface area contributed by atoms with E-state index in [9.17, 15) is 4.79 Å².